The fourth-order valence-corrected chi connectivity index (χ4v) is 3.33. The van der Waals surface area contributed by atoms with Crippen molar-refractivity contribution in [3.8, 4) is 22.5 Å². The van der Waals surface area contributed by atoms with Crippen LogP contribution in [0.25, 0.3) is 44.6 Å². The highest BCUT2D eigenvalue weighted by Crippen LogP contribution is 2.25. The van der Waals surface area contributed by atoms with E-state index in [2.05, 4.69) is 72.3 Å². The molecule has 0 saturated carbocycles. The Kier molecular flexibility index (Phi) is 3.83. The number of nitrogens with zero attached hydrogens (tertiary/aromatic N) is 4. The Morgan fingerprint density at radius 1 is 0.500 bits per heavy atom. The van der Waals surface area contributed by atoms with E-state index in [0.717, 1.165) is 44.6 Å². The van der Waals surface area contributed by atoms with Gasteiger partial charge in [0.25, 0.3) is 0 Å². The van der Waals surface area contributed by atoms with Crippen LogP contribution in [-0.4, -0.2) is 19.9 Å². The first kappa shape index (κ1) is 16.5. The second-order valence-corrected chi connectivity index (χ2v) is 7.07. The number of aromatic nitrogens is 4. The van der Waals surface area contributed by atoms with Crippen LogP contribution in [0.5, 0.6) is 0 Å². The first-order valence-corrected chi connectivity index (χ1v) is 9.23. The van der Waals surface area contributed by atoms with E-state index in [0.29, 0.717) is 0 Å². The summed E-state index contributed by atoms with van der Waals surface area (Å²) in [5, 5.41) is 0. The van der Waals surface area contributed by atoms with E-state index < -0.39 is 0 Å². The minimum absolute atomic E-state index is 0.864. The molecule has 0 unspecified atom stereocenters. The minimum atomic E-state index is 0.864. The lowest BCUT2D eigenvalue weighted by atomic mass is 10.1. The van der Waals surface area contributed by atoms with Gasteiger partial charge in [-0.3, -0.25) is 9.97 Å². The molecular formula is C24H18N4. The summed E-state index contributed by atoms with van der Waals surface area (Å²) in [6, 6.07) is 20.5. The molecule has 5 rings (SSSR count). The van der Waals surface area contributed by atoms with Crippen LogP contribution in [0.2, 0.25) is 0 Å². The molecular weight excluding hydrogens is 344 g/mol. The SMILES string of the molecule is Cc1ccc2nc(-c3ccc(-c4cnc5cc(C)ccc5n4)cc3)cnc2c1. The Bertz CT molecular complexity index is 1220. The van der Waals surface area contributed by atoms with Gasteiger partial charge in [0, 0.05) is 11.1 Å². The highest BCUT2D eigenvalue weighted by Gasteiger charge is 2.06. The summed E-state index contributed by atoms with van der Waals surface area (Å²) < 4.78 is 0. The van der Waals surface area contributed by atoms with Crippen molar-refractivity contribution in [3.63, 3.8) is 0 Å². The van der Waals surface area contributed by atoms with Crippen molar-refractivity contribution in [3.05, 3.63) is 84.2 Å². The third kappa shape index (κ3) is 2.99. The third-order valence-corrected chi connectivity index (χ3v) is 4.87. The van der Waals surface area contributed by atoms with Gasteiger partial charge in [0.2, 0.25) is 0 Å². The number of fused-ring (bicyclic) bond motifs is 2. The molecule has 134 valence electrons. The summed E-state index contributed by atoms with van der Waals surface area (Å²) in [6.45, 7) is 4.12. The number of aryl methyl sites for hydroxylation is 2. The van der Waals surface area contributed by atoms with E-state index >= 15 is 0 Å². The van der Waals surface area contributed by atoms with Crippen LogP contribution in [0.1, 0.15) is 11.1 Å². The van der Waals surface area contributed by atoms with Gasteiger partial charge in [-0.1, -0.05) is 36.4 Å². The Hall–Kier alpha value is -3.66. The maximum Gasteiger partial charge on any atom is 0.0894 e. The monoisotopic (exact) mass is 362 g/mol. The number of hydrogen-bond acceptors (Lipinski definition) is 4. The van der Waals surface area contributed by atoms with E-state index in [1.54, 1.807) is 0 Å². The van der Waals surface area contributed by atoms with Gasteiger partial charge in [0.1, 0.15) is 0 Å². The lowest BCUT2D eigenvalue weighted by molar-refractivity contribution is 1.27. The molecule has 2 heterocycles. The van der Waals surface area contributed by atoms with Crippen LogP contribution in [-0.2, 0) is 0 Å². The zero-order valence-electron chi connectivity index (χ0n) is 15.7. The van der Waals surface area contributed by atoms with E-state index in [9.17, 15) is 0 Å². The predicted molar refractivity (Wildman–Crippen MR) is 113 cm³/mol. The van der Waals surface area contributed by atoms with Crippen molar-refractivity contribution in [1.82, 2.24) is 19.9 Å². The summed E-state index contributed by atoms with van der Waals surface area (Å²) >= 11 is 0. The summed E-state index contributed by atoms with van der Waals surface area (Å²) in [6.07, 6.45) is 3.66. The fourth-order valence-electron chi connectivity index (χ4n) is 3.33. The van der Waals surface area contributed by atoms with Crippen molar-refractivity contribution in [1.29, 1.82) is 0 Å². The molecule has 28 heavy (non-hydrogen) atoms. The smallest absolute Gasteiger partial charge is 0.0894 e. The Balaban J connectivity index is 1.50. The predicted octanol–water partition coefficient (Wildman–Crippen LogP) is 5.52. The van der Waals surface area contributed by atoms with E-state index in [1.807, 2.05) is 24.5 Å². The number of benzene rings is 3. The quantitative estimate of drug-likeness (QED) is 0.415. The van der Waals surface area contributed by atoms with Gasteiger partial charge < -0.3 is 0 Å². The number of rotatable bonds is 2. The maximum atomic E-state index is 4.75. The first-order valence-electron chi connectivity index (χ1n) is 9.23. The molecule has 0 atom stereocenters. The number of hydrogen-bond donors (Lipinski definition) is 0. The van der Waals surface area contributed by atoms with E-state index in [-0.39, 0.29) is 0 Å². The average molecular weight is 362 g/mol. The van der Waals surface area contributed by atoms with E-state index in [1.165, 1.54) is 11.1 Å². The highest BCUT2D eigenvalue weighted by molar-refractivity contribution is 5.79. The van der Waals surface area contributed by atoms with Gasteiger partial charge in [-0.2, -0.15) is 0 Å². The molecule has 0 radical (unpaired) electrons. The molecule has 0 N–H and O–H groups in total. The Morgan fingerprint density at radius 2 is 0.929 bits per heavy atom. The van der Waals surface area contributed by atoms with Crippen LogP contribution in [0.15, 0.2) is 73.1 Å². The first-order chi connectivity index (χ1) is 13.7. The van der Waals surface area contributed by atoms with Gasteiger partial charge in [-0.25, -0.2) is 9.97 Å². The molecule has 0 aliphatic carbocycles. The van der Waals surface area contributed by atoms with Crippen LogP contribution in [0.3, 0.4) is 0 Å². The van der Waals surface area contributed by atoms with Crippen molar-refractivity contribution < 1.29 is 0 Å². The second kappa shape index (κ2) is 6.50. The molecule has 5 aromatic rings. The van der Waals surface area contributed by atoms with Crippen molar-refractivity contribution >= 4 is 22.1 Å². The van der Waals surface area contributed by atoms with Gasteiger partial charge in [-0.15, -0.1) is 0 Å². The lowest BCUT2D eigenvalue weighted by Crippen LogP contribution is -1.91. The second-order valence-electron chi connectivity index (χ2n) is 7.07. The molecule has 3 aromatic carbocycles. The molecule has 0 amide bonds. The summed E-state index contributed by atoms with van der Waals surface area (Å²) in [5.41, 5.74) is 9.81. The normalized spacial score (nSPS) is 11.2. The molecule has 4 nitrogen and oxygen atoms in total. The van der Waals surface area contributed by atoms with Gasteiger partial charge >= 0.3 is 0 Å². The molecule has 0 spiro atoms. The zero-order chi connectivity index (χ0) is 19.1. The molecule has 4 heteroatoms. The van der Waals surface area contributed by atoms with Crippen LogP contribution >= 0.6 is 0 Å². The fraction of sp³-hybridized carbons (Fsp3) is 0.0833. The highest BCUT2D eigenvalue weighted by atomic mass is 14.8. The van der Waals surface area contributed by atoms with Crippen molar-refractivity contribution in [2.75, 3.05) is 0 Å². The van der Waals surface area contributed by atoms with Crippen molar-refractivity contribution in [2.24, 2.45) is 0 Å². The summed E-state index contributed by atoms with van der Waals surface area (Å²) in [5.74, 6) is 0. The van der Waals surface area contributed by atoms with Gasteiger partial charge in [-0.05, 0) is 49.2 Å². The molecule has 0 saturated heterocycles. The standard InChI is InChI=1S/C24H18N4/c1-15-3-9-19-21(11-15)25-13-23(27-19)17-5-7-18(8-6-17)24-14-26-22-12-16(2)4-10-20(22)28-24/h3-14H,1-2H3. The van der Waals surface area contributed by atoms with Gasteiger partial charge in [0.15, 0.2) is 0 Å². The average Bonchev–Trinajstić information content (AvgIpc) is 2.73. The minimum Gasteiger partial charge on any atom is -0.252 e. The maximum absolute atomic E-state index is 4.75. The van der Waals surface area contributed by atoms with Crippen LogP contribution < -0.4 is 0 Å². The molecule has 0 bridgehead atoms. The van der Waals surface area contributed by atoms with E-state index in [4.69, 9.17) is 9.97 Å². The molecule has 0 aliphatic rings. The zero-order valence-corrected chi connectivity index (χ0v) is 15.7. The Labute approximate surface area is 163 Å². The van der Waals surface area contributed by atoms with Gasteiger partial charge in [0.05, 0.1) is 45.8 Å². The van der Waals surface area contributed by atoms with Crippen molar-refractivity contribution in [2.45, 2.75) is 13.8 Å². The largest absolute Gasteiger partial charge is 0.252 e. The summed E-state index contributed by atoms with van der Waals surface area (Å²) in [4.78, 5) is 18.6. The molecule has 0 aliphatic heterocycles. The third-order valence-electron chi connectivity index (χ3n) is 4.87. The molecule has 0 fully saturated rings. The van der Waals surface area contributed by atoms with Crippen LogP contribution in [0.4, 0.5) is 0 Å². The molecule has 2 aromatic heterocycles. The summed E-state index contributed by atoms with van der Waals surface area (Å²) in [7, 11) is 0. The lowest BCUT2D eigenvalue weighted by Gasteiger charge is -2.06. The topological polar surface area (TPSA) is 51.6 Å². The Morgan fingerprint density at radius 3 is 1.36 bits per heavy atom. The van der Waals surface area contributed by atoms with Crippen LogP contribution in [0, 0.1) is 13.8 Å².